The summed E-state index contributed by atoms with van der Waals surface area (Å²) < 4.78 is 10.5. The number of hydrogen-bond donors (Lipinski definition) is 1. The number of ether oxygens (including phenoxy) is 1. The van der Waals surface area contributed by atoms with Gasteiger partial charge in [0.25, 0.3) is 0 Å². The molecule has 1 aromatic heterocycles. The highest BCUT2D eigenvalue weighted by atomic mass is 35.5. The quantitative estimate of drug-likeness (QED) is 0.475. The first-order valence-electron chi connectivity index (χ1n) is 11.5. The third kappa shape index (κ3) is 4.71. The number of nitrogens with zero attached hydrogens (tertiary/aromatic N) is 2. The molecule has 1 N–H and O–H groups in total. The van der Waals surface area contributed by atoms with Crippen LogP contribution in [0.1, 0.15) is 65.7 Å². The second-order valence-corrected chi connectivity index (χ2v) is 9.74. The van der Waals surface area contributed by atoms with Crippen LogP contribution in [0.25, 0.3) is 0 Å². The predicted molar refractivity (Wildman–Crippen MR) is 127 cm³/mol. The molecule has 2 aliphatic rings. The Bertz CT molecular complexity index is 1200. The molecule has 2 aromatic carbocycles. The third-order valence-electron chi connectivity index (χ3n) is 7.20. The molecular weight excluding hydrogens is 454 g/mol. The van der Waals surface area contributed by atoms with Crippen molar-refractivity contribution in [3.63, 3.8) is 0 Å². The second kappa shape index (κ2) is 9.22. The smallest absolute Gasteiger partial charge is 0.313 e. The fraction of sp³-hybridized carbons (Fsp3) is 0.385. The average Bonchev–Trinajstić information content (AvgIpc) is 3.33. The lowest BCUT2D eigenvalue weighted by Crippen LogP contribution is -2.19. The van der Waals surface area contributed by atoms with E-state index in [0.29, 0.717) is 28.9 Å². The molecule has 7 nitrogen and oxygen atoms in total. The van der Waals surface area contributed by atoms with Gasteiger partial charge in [-0.2, -0.15) is 0 Å². The van der Waals surface area contributed by atoms with Crippen LogP contribution in [0.4, 0.5) is 5.69 Å². The number of rotatable bonds is 6. The minimum Gasteiger partial charge on any atom is -0.469 e. The first kappa shape index (κ1) is 22.6. The van der Waals surface area contributed by atoms with Crippen molar-refractivity contribution in [3.05, 3.63) is 76.5 Å². The molecule has 1 spiro atoms. The number of halogens is 1. The number of aromatic nitrogens is 2. The van der Waals surface area contributed by atoms with Gasteiger partial charge in [-0.3, -0.25) is 9.59 Å². The predicted octanol–water partition coefficient (Wildman–Crippen LogP) is 5.40. The molecule has 2 saturated carbocycles. The van der Waals surface area contributed by atoms with Gasteiger partial charge in [0, 0.05) is 10.7 Å². The summed E-state index contributed by atoms with van der Waals surface area (Å²) in [5, 5.41) is 11.3. The zero-order valence-corrected chi connectivity index (χ0v) is 19.7. The maximum atomic E-state index is 12.5. The summed E-state index contributed by atoms with van der Waals surface area (Å²) in [6, 6.07) is 15.3. The molecule has 0 saturated heterocycles. The van der Waals surface area contributed by atoms with Crippen LogP contribution in [0, 0.1) is 11.3 Å². The lowest BCUT2D eigenvalue weighted by Gasteiger charge is -2.29. The summed E-state index contributed by atoms with van der Waals surface area (Å²) in [4.78, 5) is 24.4. The molecule has 8 heteroatoms. The molecule has 0 bridgehead atoms. The van der Waals surface area contributed by atoms with Crippen molar-refractivity contribution < 1.29 is 18.7 Å². The number of nitrogens with one attached hydrogen (secondary N) is 1. The van der Waals surface area contributed by atoms with Crippen molar-refractivity contribution in [2.24, 2.45) is 11.3 Å². The Hall–Kier alpha value is -3.19. The number of carbonyl (C=O) groups excluding carboxylic acids is 2. The van der Waals surface area contributed by atoms with Gasteiger partial charge in [0.1, 0.15) is 0 Å². The SMILES string of the molecule is COC(=O)C1CC12CCC(c1ccc(NC(=O)c3nnc(Cc4cccc(Cl)c4)o3)cc1)CC2. The van der Waals surface area contributed by atoms with Gasteiger partial charge >= 0.3 is 17.8 Å². The fourth-order valence-corrected chi connectivity index (χ4v) is 5.38. The average molecular weight is 480 g/mol. The van der Waals surface area contributed by atoms with Crippen molar-refractivity contribution in [1.29, 1.82) is 0 Å². The number of methoxy groups -OCH3 is 1. The lowest BCUT2D eigenvalue weighted by atomic mass is 9.76. The molecule has 1 unspecified atom stereocenters. The van der Waals surface area contributed by atoms with E-state index in [1.807, 2.05) is 30.3 Å². The van der Waals surface area contributed by atoms with Gasteiger partial charge in [0.05, 0.1) is 19.4 Å². The van der Waals surface area contributed by atoms with Crippen molar-refractivity contribution in [2.75, 3.05) is 12.4 Å². The number of amides is 1. The van der Waals surface area contributed by atoms with Crippen molar-refractivity contribution in [1.82, 2.24) is 10.2 Å². The molecule has 5 rings (SSSR count). The summed E-state index contributed by atoms with van der Waals surface area (Å²) in [6.07, 6.45) is 5.62. The maximum Gasteiger partial charge on any atom is 0.313 e. The van der Waals surface area contributed by atoms with E-state index in [1.165, 1.54) is 12.7 Å². The Morgan fingerprint density at radius 1 is 1.15 bits per heavy atom. The number of benzene rings is 2. The van der Waals surface area contributed by atoms with E-state index in [-0.39, 0.29) is 23.2 Å². The highest BCUT2D eigenvalue weighted by molar-refractivity contribution is 6.30. The van der Waals surface area contributed by atoms with Crippen molar-refractivity contribution >= 4 is 29.2 Å². The summed E-state index contributed by atoms with van der Waals surface area (Å²) in [6.45, 7) is 0. The van der Waals surface area contributed by atoms with E-state index in [2.05, 4.69) is 27.6 Å². The maximum absolute atomic E-state index is 12.5. The molecule has 34 heavy (non-hydrogen) atoms. The normalized spacial score (nSPS) is 23.5. The van der Waals surface area contributed by atoms with Crippen LogP contribution in [0.2, 0.25) is 5.02 Å². The van der Waals surface area contributed by atoms with Crippen LogP contribution < -0.4 is 5.32 Å². The molecule has 0 radical (unpaired) electrons. The van der Waals surface area contributed by atoms with Gasteiger partial charge in [0.2, 0.25) is 5.89 Å². The van der Waals surface area contributed by atoms with Gasteiger partial charge < -0.3 is 14.5 Å². The molecule has 2 fully saturated rings. The number of anilines is 1. The summed E-state index contributed by atoms with van der Waals surface area (Å²) in [7, 11) is 1.47. The van der Waals surface area contributed by atoms with Gasteiger partial charge in [-0.1, -0.05) is 35.9 Å². The van der Waals surface area contributed by atoms with E-state index in [0.717, 1.165) is 37.7 Å². The first-order valence-corrected chi connectivity index (χ1v) is 11.9. The van der Waals surface area contributed by atoms with Gasteiger partial charge in [-0.15, -0.1) is 10.2 Å². The lowest BCUT2D eigenvalue weighted by molar-refractivity contribution is -0.143. The molecule has 1 atom stereocenters. The Balaban J connectivity index is 1.15. The van der Waals surface area contributed by atoms with Crippen LogP contribution >= 0.6 is 11.6 Å². The number of hydrogen-bond acceptors (Lipinski definition) is 6. The van der Waals surface area contributed by atoms with E-state index < -0.39 is 5.91 Å². The molecule has 1 heterocycles. The summed E-state index contributed by atoms with van der Waals surface area (Å²) >= 11 is 6.01. The van der Waals surface area contributed by atoms with Crippen molar-refractivity contribution in [2.45, 2.75) is 44.4 Å². The second-order valence-electron chi connectivity index (χ2n) is 9.30. The van der Waals surface area contributed by atoms with E-state index in [4.69, 9.17) is 20.8 Å². The molecular formula is C26H26ClN3O4. The number of carbonyl (C=O) groups is 2. The minimum absolute atomic E-state index is 0.0589. The largest absolute Gasteiger partial charge is 0.469 e. The van der Waals surface area contributed by atoms with Crippen LogP contribution in [0.5, 0.6) is 0 Å². The van der Waals surface area contributed by atoms with Crippen LogP contribution in [0.3, 0.4) is 0 Å². The minimum atomic E-state index is -0.445. The summed E-state index contributed by atoms with van der Waals surface area (Å²) in [5.41, 5.74) is 3.02. The van der Waals surface area contributed by atoms with E-state index >= 15 is 0 Å². The van der Waals surface area contributed by atoms with Crippen LogP contribution in [-0.4, -0.2) is 29.2 Å². The highest BCUT2D eigenvalue weighted by Gasteiger charge is 2.59. The topological polar surface area (TPSA) is 94.3 Å². The third-order valence-corrected chi connectivity index (χ3v) is 7.44. The fourth-order valence-electron chi connectivity index (χ4n) is 5.16. The van der Waals surface area contributed by atoms with Crippen LogP contribution in [-0.2, 0) is 16.0 Å². The van der Waals surface area contributed by atoms with Crippen LogP contribution in [0.15, 0.2) is 52.9 Å². The molecule has 0 aliphatic heterocycles. The Morgan fingerprint density at radius 3 is 2.62 bits per heavy atom. The van der Waals surface area contributed by atoms with Gasteiger partial charge in [0.15, 0.2) is 0 Å². The molecule has 2 aliphatic carbocycles. The molecule has 1 amide bonds. The monoisotopic (exact) mass is 479 g/mol. The Labute approximate surface area is 202 Å². The van der Waals surface area contributed by atoms with Gasteiger partial charge in [-0.25, -0.2) is 0 Å². The van der Waals surface area contributed by atoms with E-state index in [1.54, 1.807) is 6.07 Å². The van der Waals surface area contributed by atoms with E-state index in [9.17, 15) is 9.59 Å². The molecule has 176 valence electrons. The highest BCUT2D eigenvalue weighted by Crippen LogP contribution is 2.63. The Kier molecular flexibility index (Phi) is 6.13. The zero-order chi connectivity index (χ0) is 23.7. The standard InChI is InChI=1S/C26H26ClN3O4/c1-33-25(32)21-15-26(21)11-9-18(10-12-26)17-5-7-20(8-6-17)28-23(31)24-30-29-22(34-24)14-16-3-2-4-19(27)13-16/h2-8,13,18,21H,9-12,14-15H2,1H3,(H,28,31). The summed E-state index contributed by atoms with van der Waals surface area (Å²) in [5.74, 6) is 0.327. The van der Waals surface area contributed by atoms with Crippen molar-refractivity contribution in [3.8, 4) is 0 Å². The Morgan fingerprint density at radius 2 is 1.91 bits per heavy atom. The van der Waals surface area contributed by atoms with Gasteiger partial charge in [-0.05, 0) is 78.8 Å². The first-order chi connectivity index (χ1) is 16.5. The number of esters is 1. The molecule has 3 aromatic rings. The zero-order valence-electron chi connectivity index (χ0n) is 18.9.